The molecule has 1 atom stereocenters. The van der Waals surface area contributed by atoms with Gasteiger partial charge >= 0.3 is 0 Å². The number of rotatable bonds is 5. The van der Waals surface area contributed by atoms with Gasteiger partial charge in [-0.1, -0.05) is 6.42 Å². The predicted molar refractivity (Wildman–Crippen MR) is 103 cm³/mol. The monoisotopic (exact) mass is 384 g/mol. The highest BCUT2D eigenvalue weighted by Gasteiger charge is 2.28. The number of aryl methyl sites for hydroxylation is 2. The summed E-state index contributed by atoms with van der Waals surface area (Å²) in [7, 11) is 3.54. The van der Waals surface area contributed by atoms with Gasteiger partial charge in [0.15, 0.2) is 0 Å². The molecule has 0 radical (unpaired) electrons. The zero-order valence-electron chi connectivity index (χ0n) is 16.5. The third kappa shape index (κ3) is 3.54. The van der Waals surface area contributed by atoms with E-state index < -0.39 is 5.82 Å². The van der Waals surface area contributed by atoms with Gasteiger partial charge in [-0.15, -0.1) is 0 Å². The summed E-state index contributed by atoms with van der Waals surface area (Å²) >= 11 is 0. The topological polar surface area (TPSA) is 56.3 Å². The molecule has 0 amide bonds. The number of likely N-dealkylation sites (tertiary alicyclic amines) is 1. The van der Waals surface area contributed by atoms with Crippen LogP contribution in [0, 0.1) is 12.7 Å². The molecule has 2 aromatic heterocycles. The zero-order valence-corrected chi connectivity index (χ0v) is 16.5. The van der Waals surface area contributed by atoms with Crippen LogP contribution in [0.3, 0.4) is 0 Å². The van der Waals surface area contributed by atoms with E-state index in [0.717, 1.165) is 36.7 Å². The summed E-state index contributed by atoms with van der Waals surface area (Å²) in [6, 6.07) is 4.95. The fourth-order valence-electron chi connectivity index (χ4n) is 3.85. The molecular weight excluding hydrogens is 359 g/mol. The quantitative estimate of drug-likeness (QED) is 0.658. The largest absolute Gasteiger partial charge is 0.497 e. The molecule has 148 valence electrons. The maximum Gasteiger partial charge on any atom is 0.229 e. The molecular formula is C21H25FN4O2. The zero-order chi connectivity index (χ0) is 19.7. The summed E-state index contributed by atoms with van der Waals surface area (Å²) < 4.78 is 27.4. The molecule has 1 aliphatic heterocycles. The summed E-state index contributed by atoms with van der Waals surface area (Å²) in [5.74, 6) is 2.15. The van der Waals surface area contributed by atoms with Gasteiger partial charge in [0.05, 0.1) is 24.4 Å². The van der Waals surface area contributed by atoms with E-state index in [9.17, 15) is 4.39 Å². The number of hydrogen-bond acceptors (Lipinski definition) is 5. The third-order valence-corrected chi connectivity index (χ3v) is 5.42. The van der Waals surface area contributed by atoms with Crippen LogP contribution in [-0.4, -0.2) is 33.1 Å². The third-order valence-electron chi connectivity index (χ3n) is 5.42. The van der Waals surface area contributed by atoms with Gasteiger partial charge in [0.25, 0.3) is 0 Å². The van der Waals surface area contributed by atoms with Crippen LogP contribution >= 0.6 is 0 Å². The van der Waals surface area contributed by atoms with Gasteiger partial charge in [-0.25, -0.2) is 14.4 Å². The Bertz CT molecular complexity index is 965. The van der Waals surface area contributed by atoms with Gasteiger partial charge in [0.1, 0.15) is 23.2 Å². The lowest BCUT2D eigenvalue weighted by atomic mass is 10.0. The van der Waals surface area contributed by atoms with Crippen LogP contribution in [0.5, 0.6) is 5.75 Å². The molecule has 1 fully saturated rings. The molecule has 1 aliphatic rings. The first-order valence-electron chi connectivity index (χ1n) is 9.58. The molecule has 0 bridgehead atoms. The lowest BCUT2D eigenvalue weighted by molar-refractivity contribution is 0.129. The van der Waals surface area contributed by atoms with E-state index in [1.807, 2.05) is 26.4 Å². The maximum absolute atomic E-state index is 14.4. The number of halogens is 1. The average molecular weight is 384 g/mol. The smallest absolute Gasteiger partial charge is 0.229 e. The molecule has 0 N–H and O–H groups in total. The van der Waals surface area contributed by atoms with Crippen molar-refractivity contribution in [1.82, 2.24) is 19.4 Å². The Morgan fingerprint density at radius 1 is 1.32 bits per heavy atom. The summed E-state index contributed by atoms with van der Waals surface area (Å²) in [6.45, 7) is 3.52. The van der Waals surface area contributed by atoms with Gasteiger partial charge in [-0.05, 0) is 38.4 Å². The van der Waals surface area contributed by atoms with Gasteiger partial charge < -0.3 is 13.7 Å². The standard InChI is InChI=1S/C21H25FN4O2/c1-14-18(24-21(28-14)16-8-7-15(27-3)12-17(16)22)13-26-10-5-4-6-19(26)20-23-9-11-25(20)2/h7-9,11-12,19H,4-6,10,13H2,1-3H3. The highest BCUT2D eigenvalue weighted by molar-refractivity contribution is 5.56. The summed E-state index contributed by atoms with van der Waals surface area (Å²) in [6.07, 6.45) is 7.23. The van der Waals surface area contributed by atoms with E-state index >= 15 is 0 Å². The van der Waals surface area contributed by atoms with E-state index in [4.69, 9.17) is 9.15 Å². The fraction of sp³-hybridized carbons (Fsp3) is 0.429. The van der Waals surface area contributed by atoms with E-state index in [0.29, 0.717) is 23.7 Å². The van der Waals surface area contributed by atoms with Gasteiger partial charge in [-0.2, -0.15) is 0 Å². The molecule has 0 aliphatic carbocycles. The highest BCUT2D eigenvalue weighted by Crippen LogP contribution is 2.33. The molecule has 0 saturated carbocycles. The molecule has 3 aromatic rings. The molecule has 1 unspecified atom stereocenters. The lowest BCUT2D eigenvalue weighted by Crippen LogP contribution is -2.34. The molecule has 6 nitrogen and oxygen atoms in total. The maximum atomic E-state index is 14.4. The minimum Gasteiger partial charge on any atom is -0.497 e. The minimum absolute atomic E-state index is 0.256. The average Bonchev–Trinajstić information content (AvgIpc) is 3.28. The Balaban J connectivity index is 1.59. The number of hydrogen-bond donors (Lipinski definition) is 0. The Morgan fingerprint density at radius 3 is 2.89 bits per heavy atom. The number of piperidine rings is 1. The SMILES string of the molecule is COc1ccc(-c2nc(CN3CCCCC3c3nccn3C)c(C)o2)c(F)c1. The molecule has 28 heavy (non-hydrogen) atoms. The van der Waals surface area contributed by atoms with Crippen molar-refractivity contribution in [2.45, 2.75) is 38.8 Å². The van der Waals surface area contributed by atoms with E-state index in [2.05, 4.69) is 19.4 Å². The van der Waals surface area contributed by atoms with Crippen LogP contribution in [-0.2, 0) is 13.6 Å². The number of methoxy groups -OCH3 is 1. The van der Waals surface area contributed by atoms with Crippen LogP contribution in [0.25, 0.3) is 11.5 Å². The number of oxazole rings is 1. The fourth-order valence-corrected chi connectivity index (χ4v) is 3.85. The number of aromatic nitrogens is 3. The first kappa shape index (κ1) is 18.7. The van der Waals surface area contributed by atoms with Crippen molar-refractivity contribution in [3.63, 3.8) is 0 Å². The molecule has 0 spiro atoms. The van der Waals surface area contributed by atoms with E-state index in [1.54, 1.807) is 12.1 Å². The van der Waals surface area contributed by atoms with Crippen molar-refractivity contribution in [1.29, 1.82) is 0 Å². The summed E-state index contributed by atoms with van der Waals surface area (Å²) in [4.78, 5) is 11.6. The van der Waals surface area contributed by atoms with Crippen molar-refractivity contribution < 1.29 is 13.5 Å². The van der Waals surface area contributed by atoms with Gasteiger partial charge in [0, 0.05) is 32.1 Å². The number of ether oxygens (including phenoxy) is 1. The molecule has 1 saturated heterocycles. The molecule has 3 heterocycles. The van der Waals surface area contributed by atoms with E-state index in [-0.39, 0.29) is 6.04 Å². The first-order valence-corrected chi connectivity index (χ1v) is 9.58. The van der Waals surface area contributed by atoms with Crippen molar-refractivity contribution in [3.05, 3.63) is 53.7 Å². The number of imidazole rings is 1. The first-order chi connectivity index (χ1) is 13.6. The number of nitrogens with zero attached hydrogens (tertiary/aromatic N) is 4. The Hall–Kier alpha value is -2.67. The normalized spacial score (nSPS) is 17.8. The van der Waals surface area contributed by atoms with Crippen LogP contribution in [0.15, 0.2) is 35.0 Å². The second-order valence-electron chi connectivity index (χ2n) is 7.25. The van der Waals surface area contributed by atoms with E-state index in [1.165, 1.54) is 19.6 Å². The van der Waals surface area contributed by atoms with Crippen molar-refractivity contribution in [2.24, 2.45) is 7.05 Å². The van der Waals surface area contributed by atoms with Crippen molar-refractivity contribution in [3.8, 4) is 17.2 Å². The second kappa shape index (κ2) is 7.75. The Labute approximate surface area is 164 Å². The van der Waals surface area contributed by atoms with Gasteiger partial charge in [-0.3, -0.25) is 4.90 Å². The highest BCUT2D eigenvalue weighted by atomic mass is 19.1. The minimum atomic E-state index is -0.406. The van der Waals surface area contributed by atoms with Crippen molar-refractivity contribution >= 4 is 0 Å². The Kier molecular flexibility index (Phi) is 5.17. The summed E-state index contributed by atoms with van der Waals surface area (Å²) in [5, 5.41) is 0. The molecule has 1 aromatic carbocycles. The number of benzene rings is 1. The molecule has 4 rings (SSSR count). The summed E-state index contributed by atoms with van der Waals surface area (Å²) in [5.41, 5.74) is 1.18. The van der Waals surface area contributed by atoms with Crippen LogP contribution in [0.4, 0.5) is 4.39 Å². The Morgan fingerprint density at radius 2 is 2.18 bits per heavy atom. The van der Waals surface area contributed by atoms with Crippen molar-refractivity contribution in [2.75, 3.05) is 13.7 Å². The second-order valence-corrected chi connectivity index (χ2v) is 7.25. The van der Waals surface area contributed by atoms with Crippen LogP contribution in [0.2, 0.25) is 0 Å². The predicted octanol–water partition coefficient (Wildman–Crippen LogP) is 4.26. The van der Waals surface area contributed by atoms with Crippen LogP contribution in [0.1, 0.15) is 42.6 Å². The van der Waals surface area contributed by atoms with Gasteiger partial charge in [0.2, 0.25) is 5.89 Å². The molecule has 7 heteroatoms. The lowest BCUT2D eigenvalue weighted by Gasteiger charge is -2.34. The van der Waals surface area contributed by atoms with Crippen LogP contribution < -0.4 is 4.74 Å².